The molecule has 0 aliphatic heterocycles. The van der Waals surface area contributed by atoms with Gasteiger partial charge in [0.15, 0.2) is 0 Å². The highest BCUT2D eigenvalue weighted by molar-refractivity contribution is 8.00. The summed E-state index contributed by atoms with van der Waals surface area (Å²) in [4.78, 5) is 0. The van der Waals surface area contributed by atoms with Gasteiger partial charge in [-0.1, -0.05) is 153 Å². The molecule has 0 saturated heterocycles. The maximum atomic E-state index is 5.33. The zero-order valence-corrected chi connectivity index (χ0v) is 48.1. The smallest absolute Gasteiger partial charge is 0.0797 e. The second-order valence-electron chi connectivity index (χ2n) is 23.4. The molecule has 0 amide bonds. The minimum Gasteiger partial charge on any atom is -0.378 e. The van der Waals surface area contributed by atoms with Gasteiger partial charge >= 0.3 is 0 Å². The van der Waals surface area contributed by atoms with Gasteiger partial charge in [-0.2, -0.15) is 35.3 Å². The van der Waals surface area contributed by atoms with Crippen molar-refractivity contribution in [3.8, 4) is 0 Å². The molecular weight excluding hydrogens is 759 g/mol. The highest BCUT2D eigenvalue weighted by Crippen LogP contribution is 2.43. The molecule has 0 spiro atoms. The lowest BCUT2D eigenvalue weighted by Gasteiger charge is -2.40. The maximum Gasteiger partial charge on any atom is 0.0797 e. The molecule has 1 N–H and O–H groups in total. The lowest BCUT2D eigenvalue weighted by molar-refractivity contribution is -0.0620. The van der Waals surface area contributed by atoms with E-state index < -0.39 is 0 Å². The van der Waals surface area contributed by atoms with Crippen molar-refractivity contribution in [3.05, 3.63) is 0 Å². The summed E-state index contributed by atoms with van der Waals surface area (Å²) in [6.45, 7) is 64.3. The van der Waals surface area contributed by atoms with Gasteiger partial charge in [0.25, 0.3) is 0 Å². The van der Waals surface area contributed by atoms with Crippen LogP contribution in [0.2, 0.25) is 0 Å². The van der Waals surface area contributed by atoms with Crippen LogP contribution in [0.15, 0.2) is 0 Å². The van der Waals surface area contributed by atoms with E-state index in [-0.39, 0.29) is 40.6 Å². The van der Waals surface area contributed by atoms with Crippen molar-refractivity contribution in [1.29, 1.82) is 0 Å². The van der Waals surface area contributed by atoms with E-state index in [4.69, 9.17) is 14.2 Å². The average molecular weight is 875 g/mol. The molecule has 0 heterocycles. The Hall–Kier alpha value is 0.890. The molecule has 0 atom stereocenters. The Kier molecular flexibility index (Phi) is 34.5. The molecule has 0 aromatic carbocycles. The fourth-order valence-corrected chi connectivity index (χ4v) is 4.40. The SMILES string of the molecule is C.CCC(C)(C)C(C)(C)SC.CNC(C)(C)C(C)(C)OC.COC(C)(C)C(C)(C)C.COC(C)(C)C(C)(C)C.CSC(C)(C)C(C)(C)C.CSC(C)(C)C(C)(C)C. The Morgan fingerprint density at radius 3 is 0.614 bits per heavy atom. The third-order valence-corrected chi connectivity index (χ3v) is 19.8. The lowest BCUT2D eigenvalue weighted by atomic mass is 9.78. The predicted octanol–water partition coefficient (Wildman–Crippen LogP) is 16.9. The van der Waals surface area contributed by atoms with Crippen LogP contribution >= 0.6 is 35.3 Å². The molecule has 0 aliphatic carbocycles. The van der Waals surface area contributed by atoms with Crippen molar-refractivity contribution < 1.29 is 14.2 Å². The van der Waals surface area contributed by atoms with Gasteiger partial charge in [0.1, 0.15) is 0 Å². The number of thioether (sulfide) groups is 3. The Labute approximate surface area is 378 Å². The van der Waals surface area contributed by atoms with Gasteiger partial charge in [-0.15, -0.1) is 0 Å². The monoisotopic (exact) mass is 874 g/mol. The molecule has 0 aromatic rings. The third kappa shape index (κ3) is 27.5. The number of ether oxygens (including phenoxy) is 3. The largest absolute Gasteiger partial charge is 0.378 e. The van der Waals surface area contributed by atoms with Crippen LogP contribution in [0.1, 0.15) is 215 Å². The van der Waals surface area contributed by atoms with Gasteiger partial charge < -0.3 is 19.5 Å². The van der Waals surface area contributed by atoms with Crippen molar-refractivity contribution in [1.82, 2.24) is 5.32 Å². The number of hydrogen-bond acceptors (Lipinski definition) is 7. The quantitative estimate of drug-likeness (QED) is 0.234. The lowest BCUT2D eigenvalue weighted by Crippen LogP contribution is -2.55. The third-order valence-electron chi connectivity index (χ3n) is 14.9. The van der Waals surface area contributed by atoms with Crippen molar-refractivity contribution in [3.63, 3.8) is 0 Å². The van der Waals surface area contributed by atoms with E-state index in [2.05, 4.69) is 225 Å². The van der Waals surface area contributed by atoms with Crippen molar-refractivity contribution >= 4 is 35.3 Å². The van der Waals surface area contributed by atoms with E-state index in [1.807, 2.05) is 42.3 Å². The zero-order valence-electron chi connectivity index (χ0n) is 45.7. The second-order valence-corrected chi connectivity index (χ2v) is 27.7. The van der Waals surface area contributed by atoms with Crippen LogP contribution in [0, 0.1) is 27.1 Å². The fraction of sp³-hybridized carbons (Fsp3) is 1.00. The summed E-state index contributed by atoms with van der Waals surface area (Å²) in [5.41, 5.74) is 1.57. The van der Waals surface area contributed by atoms with Gasteiger partial charge in [0.05, 0.1) is 16.8 Å². The molecule has 4 nitrogen and oxygen atoms in total. The molecule has 0 saturated carbocycles. The highest BCUT2D eigenvalue weighted by Gasteiger charge is 2.37. The van der Waals surface area contributed by atoms with Gasteiger partial charge in [-0.25, -0.2) is 0 Å². The summed E-state index contributed by atoms with van der Waals surface area (Å²) >= 11 is 5.83. The number of nitrogens with one attached hydrogen (secondary N) is 1. The molecular formula is C50H115NO3S3. The Balaban J connectivity index is -0.000000105. The van der Waals surface area contributed by atoms with E-state index >= 15 is 0 Å². The summed E-state index contributed by atoms with van der Waals surface area (Å²) in [7, 11) is 7.19. The molecule has 356 valence electrons. The number of rotatable bonds is 10. The van der Waals surface area contributed by atoms with Crippen molar-refractivity contribution in [2.45, 2.75) is 251 Å². The Bertz CT molecular complexity index is 822. The first-order valence-corrected chi connectivity index (χ1v) is 24.7. The average Bonchev–Trinajstić information content (AvgIpc) is 3.03. The standard InChI is InChI=1S/C9H20S.C8H19NO.2C8H18O.2C8H18S.CH4/c1-7-8(2,3)9(4,5)10-6;1-7(2,9-5)8(3,4)10-6;4*1-7(2,3)8(4,5)9-6;/h7H2,1-6H3;9H,1-6H3;4*1-6H3;1H4. The van der Waals surface area contributed by atoms with Gasteiger partial charge in [0.2, 0.25) is 0 Å². The van der Waals surface area contributed by atoms with Crippen molar-refractivity contribution in [2.75, 3.05) is 47.1 Å². The van der Waals surface area contributed by atoms with E-state index in [9.17, 15) is 0 Å². The van der Waals surface area contributed by atoms with Crippen LogP contribution in [-0.4, -0.2) is 83.7 Å². The normalized spacial score (nSPS) is 13.7. The summed E-state index contributed by atoms with van der Waals surface area (Å²) in [6, 6.07) is 0. The fourth-order valence-electron chi connectivity index (χ4n) is 2.48. The summed E-state index contributed by atoms with van der Waals surface area (Å²) < 4.78 is 17.1. The first kappa shape index (κ1) is 72.3. The van der Waals surface area contributed by atoms with Gasteiger partial charge in [-0.05, 0) is 115 Å². The minimum atomic E-state index is -0.123. The van der Waals surface area contributed by atoms with E-state index in [0.29, 0.717) is 30.5 Å². The van der Waals surface area contributed by atoms with E-state index in [0.717, 1.165) is 0 Å². The molecule has 0 unspecified atom stereocenters. The topological polar surface area (TPSA) is 39.7 Å². The van der Waals surface area contributed by atoms with Gasteiger partial charge in [-0.3, -0.25) is 0 Å². The van der Waals surface area contributed by atoms with Crippen LogP contribution in [0.25, 0.3) is 0 Å². The molecule has 0 aliphatic rings. The van der Waals surface area contributed by atoms with E-state index in [1.54, 1.807) is 21.3 Å². The summed E-state index contributed by atoms with van der Waals surface area (Å²) in [5.74, 6) is 0. The zero-order chi connectivity index (χ0) is 47.7. The van der Waals surface area contributed by atoms with Crippen LogP contribution in [-0.2, 0) is 14.2 Å². The molecule has 7 heteroatoms. The van der Waals surface area contributed by atoms with Crippen LogP contribution in [0.5, 0.6) is 0 Å². The molecule has 0 rings (SSSR count). The molecule has 0 aromatic heterocycles. The van der Waals surface area contributed by atoms with Crippen LogP contribution < -0.4 is 5.32 Å². The number of likely N-dealkylation sites (N-methyl/N-ethyl adjacent to an activating group) is 1. The highest BCUT2D eigenvalue weighted by atomic mass is 32.2. The number of methoxy groups -OCH3 is 3. The molecule has 0 radical (unpaired) electrons. The predicted molar refractivity (Wildman–Crippen MR) is 278 cm³/mol. The number of hydrogen-bond donors (Lipinski definition) is 1. The Morgan fingerprint density at radius 1 is 0.368 bits per heavy atom. The first-order valence-electron chi connectivity index (χ1n) is 21.0. The van der Waals surface area contributed by atoms with Crippen molar-refractivity contribution in [2.24, 2.45) is 27.1 Å². The maximum absolute atomic E-state index is 5.33. The second kappa shape index (κ2) is 27.2. The van der Waals surface area contributed by atoms with E-state index in [1.165, 1.54) is 6.42 Å². The summed E-state index contributed by atoms with van der Waals surface area (Å²) in [5, 5.41) is 3.21. The Morgan fingerprint density at radius 2 is 0.579 bits per heavy atom. The first-order chi connectivity index (χ1) is 24.0. The molecule has 0 bridgehead atoms. The van der Waals surface area contributed by atoms with Crippen LogP contribution in [0.3, 0.4) is 0 Å². The molecule has 57 heavy (non-hydrogen) atoms. The van der Waals surface area contributed by atoms with Gasteiger partial charge in [0, 0.05) is 41.1 Å². The molecule has 0 fully saturated rings. The minimum absolute atomic E-state index is 0. The summed E-state index contributed by atoms with van der Waals surface area (Å²) in [6.07, 6.45) is 7.79. The van der Waals surface area contributed by atoms with Crippen LogP contribution in [0.4, 0.5) is 0 Å².